The maximum atomic E-state index is 13.1. The number of anilines is 2. The van der Waals surface area contributed by atoms with Crippen LogP contribution in [-0.2, 0) is 21.0 Å². The van der Waals surface area contributed by atoms with Crippen molar-refractivity contribution in [3.8, 4) is 0 Å². The average molecular weight is 477 g/mol. The first kappa shape index (κ1) is 24.5. The molecule has 12 heteroatoms. The molecule has 168 valence electrons. The fourth-order valence-electron chi connectivity index (χ4n) is 2.49. The number of alkyl halides is 3. The highest BCUT2D eigenvalue weighted by atomic mass is 35.5. The van der Waals surface area contributed by atoms with Crippen LogP contribution in [0.25, 0.3) is 0 Å². The van der Waals surface area contributed by atoms with E-state index in [1.807, 2.05) is 31.1 Å². The van der Waals surface area contributed by atoms with E-state index >= 15 is 0 Å². The van der Waals surface area contributed by atoms with Crippen LogP contribution in [0.3, 0.4) is 0 Å². The van der Waals surface area contributed by atoms with Gasteiger partial charge < -0.3 is 4.90 Å². The third kappa shape index (κ3) is 6.86. The molecule has 0 bridgehead atoms. The van der Waals surface area contributed by atoms with E-state index in [4.69, 9.17) is 11.6 Å². The first-order chi connectivity index (χ1) is 14.3. The third-order valence-electron chi connectivity index (χ3n) is 4.04. The van der Waals surface area contributed by atoms with Gasteiger partial charge in [-0.15, -0.1) is 0 Å². The number of carbonyl (C=O) groups excluding carboxylic acids is 1. The van der Waals surface area contributed by atoms with Crippen molar-refractivity contribution in [1.29, 1.82) is 0 Å². The molecule has 2 aromatic carbocycles. The molecule has 0 aromatic heterocycles. The minimum atomic E-state index is -4.79. The minimum absolute atomic E-state index is 0.349. The lowest BCUT2D eigenvalue weighted by Gasteiger charge is -2.22. The van der Waals surface area contributed by atoms with E-state index in [0.717, 1.165) is 24.1 Å². The highest BCUT2D eigenvalue weighted by Crippen LogP contribution is 2.37. The van der Waals surface area contributed by atoms with Gasteiger partial charge >= 0.3 is 6.18 Å². The summed E-state index contributed by atoms with van der Waals surface area (Å²) in [7, 11) is -0.304. The molecule has 2 rings (SSSR count). The number of hydrazone groups is 1. The van der Waals surface area contributed by atoms with Crippen molar-refractivity contribution < 1.29 is 26.4 Å². The summed E-state index contributed by atoms with van der Waals surface area (Å²) in [6.45, 7) is -0.769. The molecule has 0 unspecified atom stereocenters. The lowest BCUT2D eigenvalue weighted by molar-refractivity contribution is -0.137. The van der Waals surface area contributed by atoms with Crippen LogP contribution < -0.4 is 14.6 Å². The molecule has 0 fully saturated rings. The van der Waals surface area contributed by atoms with Crippen molar-refractivity contribution in [2.75, 3.05) is 36.1 Å². The minimum Gasteiger partial charge on any atom is -0.378 e. The van der Waals surface area contributed by atoms with Crippen LogP contribution in [0.5, 0.6) is 0 Å². The van der Waals surface area contributed by atoms with Crippen LogP contribution in [0.4, 0.5) is 24.5 Å². The van der Waals surface area contributed by atoms with Crippen molar-refractivity contribution in [3.05, 3.63) is 58.6 Å². The Morgan fingerprint density at radius 2 is 1.71 bits per heavy atom. The maximum Gasteiger partial charge on any atom is 0.417 e. The largest absolute Gasteiger partial charge is 0.417 e. The summed E-state index contributed by atoms with van der Waals surface area (Å²) >= 11 is 5.57. The Morgan fingerprint density at radius 3 is 2.23 bits per heavy atom. The predicted molar refractivity (Wildman–Crippen MR) is 115 cm³/mol. The van der Waals surface area contributed by atoms with Crippen molar-refractivity contribution >= 4 is 45.1 Å². The van der Waals surface area contributed by atoms with Gasteiger partial charge in [-0.25, -0.2) is 13.8 Å². The summed E-state index contributed by atoms with van der Waals surface area (Å²) < 4.78 is 64.0. The van der Waals surface area contributed by atoms with Crippen LogP contribution in [-0.4, -0.2) is 47.4 Å². The molecule has 2 aromatic rings. The first-order valence-corrected chi connectivity index (χ1v) is 11.0. The van der Waals surface area contributed by atoms with Crippen LogP contribution >= 0.6 is 11.6 Å². The summed E-state index contributed by atoms with van der Waals surface area (Å²) in [6, 6.07) is 9.79. The molecular weight excluding hydrogens is 457 g/mol. The highest BCUT2D eigenvalue weighted by molar-refractivity contribution is 7.92. The maximum absolute atomic E-state index is 13.1. The topological polar surface area (TPSA) is 82.1 Å². The monoisotopic (exact) mass is 476 g/mol. The fourth-order valence-corrected chi connectivity index (χ4v) is 3.56. The molecular formula is C19H20ClF3N4O3S. The van der Waals surface area contributed by atoms with E-state index < -0.39 is 39.2 Å². The molecule has 7 nitrogen and oxygen atoms in total. The molecule has 0 aliphatic carbocycles. The highest BCUT2D eigenvalue weighted by Gasteiger charge is 2.34. The van der Waals surface area contributed by atoms with E-state index in [2.05, 4.69) is 10.5 Å². The van der Waals surface area contributed by atoms with E-state index in [9.17, 15) is 26.4 Å². The zero-order valence-electron chi connectivity index (χ0n) is 16.8. The Hall–Kier alpha value is -2.79. The summed E-state index contributed by atoms with van der Waals surface area (Å²) in [5.41, 5.74) is 2.25. The Labute approximate surface area is 183 Å². The van der Waals surface area contributed by atoms with Crippen molar-refractivity contribution in [2.24, 2.45) is 5.10 Å². The van der Waals surface area contributed by atoms with Crippen LogP contribution in [0.2, 0.25) is 5.02 Å². The second kappa shape index (κ2) is 9.56. The van der Waals surface area contributed by atoms with Crippen molar-refractivity contribution in [3.63, 3.8) is 0 Å². The van der Waals surface area contributed by atoms with E-state index in [1.165, 1.54) is 6.21 Å². The molecule has 1 N–H and O–H groups in total. The molecule has 0 spiro atoms. The molecule has 0 atom stereocenters. The van der Waals surface area contributed by atoms with Crippen LogP contribution in [0.1, 0.15) is 11.1 Å². The number of nitrogens with zero attached hydrogens (tertiary/aromatic N) is 3. The Kier molecular flexibility index (Phi) is 7.55. The zero-order chi connectivity index (χ0) is 23.4. The van der Waals surface area contributed by atoms with Gasteiger partial charge in [0.1, 0.15) is 6.54 Å². The van der Waals surface area contributed by atoms with Gasteiger partial charge in [-0.05, 0) is 35.9 Å². The summed E-state index contributed by atoms with van der Waals surface area (Å²) in [6.07, 6.45) is -2.66. The smallest absolute Gasteiger partial charge is 0.378 e. The van der Waals surface area contributed by atoms with Crippen LogP contribution in [0, 0.1) is 0 Å². The van der Waals surface area contributed by atoms with Crippen molar-refractivity contribution in [2.45, 2.75) is 6.18 Å². The van der Waals surface area contributed by atoms with Gasteiger partial charge in [0.15, 0.2) is 0 Å². The molecule has 1 amide bonds. The molecule has 0 saturated carbocycles. The van der Waals surface area contributed by atoms with Gasteiger partial charge in [-0.2, -0.15) is 18.3 Å². The lowest BCUT2D eigenvalue weighted by Crippen LogP contribution is -2.39. The number of halogens is 4. The Morgan fingerprint density at radius 1 is 1.13 bits per heavy atom. The molecule has 0 heterocycles. The van der Waals surface area contributed by atoms with E-state index in [1.54, 1.807) is 12.1 Å². The predicted octanol–water partition coefficient (Wildman–Crippen LogP) is 3.34. The summed E-state index contributed by atoms with van der Waals surface area (Å²) in [4.78, 5) is 14.1. The number of sulfonamides is 1. The Balaban J connectivity index is 2.16. The lowest BCUT2D eigenvalue weighted by atomic mass is 10.2. The number of carbonyl (C=O) groups is 1. The normalized spacial score (nSPS) is 12.1. The fraction of sp³-hybridized carbons (Fsp3) is 0.263. The number of benzene rings is 2. The molecule has 31 heavy (non-hydrogen) atoms. The number of hydrogen-bond acceptors (Lipinski definition) is 5. The zero-order valence-corrected chi connectivity index (χ0v) is 18.4. The second-order valence-electron chi connectivity index (χ2n) is 6.71. The SMILES string of the molecule is CN(C)c1ccc(/C=N\NC(=O)CN(c2ccc(Cl)c(C(F)(F)F)c2)S(C)(=O)=O)cc1. The average Bonchev–Trinajstić information content (AvgIpc) is 2.65. The van der Waals surface area contributed by atoms with Gasteiger partial charge in [-0.3, -0.25) is 9.10 Å². The molecule has 0 radical (unpaired) electrons. The van der Waals surface area contributed by atoms with E-state index in [0.29, 0.717) is 15.9 Å². The first-order valence-electron chi connectivity index (χ1n) is 8.73. The standard InChI is InChI=1S/C19H20ClF3N4O3S/c1-26(2)14-6-4-13(5-7-14)11-24-25-18(28)12-27(31(3,29)30)15-8-9-17(20)16(10-15)19(21,22)23/h4-11H,12H2,1-3H3,(H,25,28)/b24-11-. The molecule has 0 aliphatic heterocycles. The van der Waals surface area contributed by atoms with Gasteiger partial charge in [0.05, 0.1) is 28.7 Å². The number of rotatable bonds is 7. The summed E-state index contributed by atoms with van der Waals surface area (Å²) in [5.74, 6) is -0.838. The quantitative estimate of drug-likeness (QED) is 0.491. The van der Waals surface area contributed by atoms with Crippen molar-refractivity contribution in [1.82, 2.24) is 5.43 Å². The second-order valence-corrected chi connectivity index (χ2v) is 9.02. The number of hydrogen-bond donors (Lipinski definition) is 1. The summed E-state index contributed by atoms with van der Waals surface area (Å²) in [5, 5.41) is 3.17. The van der Waals surface area contributed by atoms with Gasteiger partial charge in [0, 0.05) is 19.8 Å². The molecule has 0 aliphatic rings. The van der Waals surface area contributed by atoms with Gasteiger partial charge in [-0.1, -0.05) is 23.7 Å². The number of amides is 1. The van der Waals surface area contributed by atoms with Crippen LogP contribution in [0.15, 0.2) is 47.6 Å². The number of nitrogens with one attached hydrogen (secondary N) is 1. The van der Waals surface area contributed by atoms with Gasteiger partial charge in [0.2, 0.25) is 10.0 Å². The Bertz CT molecular complexity index is 1070. The molecule has 0 saturated heterocycles. The third-order valence-corrected chi connectivity index (χ3v) is 5.51. The van der Waals surface area contributed by atoms with Gasteiger partial charge in [0.25, 0.3) is 5.91 Å². The van der Waals surface area contributed by atoms with E-state index in [-0.39, 0.29) is 5.69 Å².